The highest BCUT2D eigenvalue weighted by atomic mass is 79.9. The number of phenols is 2. The number of carbonyl (C=O) groups excluding carboxylic acids is 1. The van der Waals surface area contributed by atoms with E-state index in [-0.39, 0.29) is 40.9 Å². The number of rotatable bonds is 3. The second-order valence-corrected chi connectivity index (χ2v) is 10.8. The number of carbonyl (C=O) groups is 1. The number of ether oxygens (including phenoxy) is 1. The minimum absolute atomic E-state index is 0.00736. The number of hydrogen-bond donors (Lipinski definition) is 2. The second kappa shape index (κ2) is 7.57. The van der Waals surface area contributed by atoms with Crippen molar-refractivity contribution in [1.29, 1.82) is 0 Å². The van der Waals surface area contributed by atoms with Gasteiger partial charge in [0.25, 0.3) is 0 Å². The van der Waals surface area contributed by atoms with Gasteiger partial charge in [-0.15, -0.1) is 11.8 Å². The van der Waals surface area contributed by atoms with Gasteiger partial charge in [-0.2, -0.15) is 0 Å². The van der Waals surface area contributed by atoms with Gasteiger partial charge < -0.3 is 19.8 Å². The van der Waals surface area contributed by atoms with E-state index >= 15 is 0 Å². The average molecular weight is 502 g/mol. The molecular weight excluding hydrogens is 478 g/mol. The van der Waals surface area contributed by atoms with Crippen molar-refractivity contribution in [2.45, 2.75) is 34.4 Å². The summed E-state index contributed by atoms with van der Waals surface area (Å²) in [4.78, 5) is 16.4. The van der Waals surface area contributed by atoms with Crippen LogP contribution in [-0.2, 0) is 14.9 Å². The Morgan fingerprint density at radius 2 is 1.94 bits per heavy atom. The van der Waals surface area contributed by atoms with Crippen molar-refractivity contribution in [3.8, 4) is 11.5 Å². The Hall–Kier alpha value is -1.96. The zero-order valence-electron chi connectivity index (χ0n) is 17.3. The van der Waals surface area contributed by atoms with Crippen LogP contribution in [0.4, 0.5) is 0 Å². The lowest BCUT2D eigenvalue weighted by atomic mass is 9.53. The minimum atomic E-state index is -0.536. The van der Waals surface area contributed by atoms with Gasteiger partial charge in [0.15, 0.2) is 23.0 Å². The molecule has 4 atom stereocenters. The first-order chi connectivity index (χ1) is 14.9. The van der Waals surface area contributed by atoms with Crippen LogP contribution in [0, 0.1) is 5.92 Å². The molecule has 2 N–H and O–H groups in total. The summed E-state index contributed by atoms with van der Waals surface area (Å²) in [5.41, 5.74) is 1.19. The average Bonchev–Trinajstić information content (AvgIpc) is 2.75. The molecule has 2 aliphatic carbocycles. The molecule has 5 rings (SSSR count). The summed E-state index contributed by atoms with van der Waals surface area (Å²) >= 11 is 5.25. The number of likely N-dealkylation sites (tertiary alicyclic amines) is 1. The van der Waals surface area contributed by atoms with Gasteiger partial charge in [-0.05, 0) is 62.0 Å². The van der Waals surface area contributed by atoms with Gasteiger partial charge in [0.1, 0.15) is 0 Å². The highest BCUT2D eigenvalue weighted by Crippen LogP contribution is 2.63. The van der Waals surface area contributed by atoms with Crippen molar-refractivity contribution >= 4 is 33.5 Å². The van der Waals surface area contributed by atoms with Crippen LogP contribution in [-0.4, -0.2) is 47.6 Å². The molecule has 5 nitrogen and oxygen atoms in total. The molecule has 0 aromatic heterocycles. The van der Waals surface area contributed by atoms with Crippen LogP contribution in [0.15, 0.2) is 57.6 Å². The van der Waals surface area contributed by atoms with E-state index in [1.54, 1.807) is 17.8 Å². The number of ketones is 1. The number of hydrogen-bond acceptors (Lipinski definition) is 6. The quantitative estimate of drug-likeness (QED) is 0.590. The van der Waals surface area contributed by atoms with E-state index in [4.69, 9.17) is 4.74 Å². The molecule has 1 saturated heterocycles. The van der Waals surface area contributed by atoms with Crippen molar-refractivity contribution in [3.05, 3.63) is 63.8 Å². The molecule has 162 valence electrons. The first-order valence-corrected chi connectivity index (χ1v) is 12.0. The first kappa shape index (κ1) is 20.9. The van der Waals surface area contributed by atoms with Crippen molar-refractivity contribution in [2.75, 3.05) is 20.7 Å². The Balaban J connectivity index is 1.74. The molecular formula is C24H24BrNO4S. The van der Waals surface area contributed by atoms with Crippen LogP contribution in [0.1, 0.15) is 29.2 Å². The maximum absolute atomic E-state index is 12.9. The van der Waals surface area contributed by atoms with Gasteiger partial charge in [0, 0.05) is 38.7 Å². The molecule has 1 unspecified atom stereocenters. The number of fused-ring (bicyclic) bond motifs is 1. The van der Waals surface area contributed by atoms with Crippen molar-refractivity contribution < 1.29 is 19.7 Å². The topological polar surface area (TPSA) is 70.0 Å². The molecule has 3 aliphatic rings. The number of halogens is 1. The Labute approximate surface area is 194 Å². The highest BCUT2D eigenvalue weighted by molar-refractivity contribution is 9.10. The second-order valence-electron chi connectivity index (χ2n) is 8.63. The number of thioether (sulfide) groups is 1. The largest absolute Gasteiger partial charge is 0.504 e. The van der Waals surface area contributed by atoms with Gasteiger partial charge in [-0.3, -0.25) is 4.79 Å². The minimum Gasteiger partial charge on any atom is -0.504 e. The summed E-state index contributed by atoms with van der Waals surface area (Å²) in [6, 6.07) is 11.8. The fraction of sp³-hybridized carbons (Fsp3) is 0.375. The number of piperidine rings is 1. The van der Waals surface area contributed by atoms with Gasteiger partial charge in [-0.25, -0.2) is 0 Å². The van der Waals surface area contributed by atoms with E-state index in [1.807, 2.05) is 24.3 Å². The van der Waals surface area contributed by atoms with Crippen molar-refractivity contribution in [3.63, 3.8) is 0 Å². The molecule has 0 radical (unpaired) electrons. The molecule has 1 heterocycles. The molecule has 2 aromatic rings. The fourth-order valence-corrected chi connectivity index (χ4v) is 7.39. The van der Waals surface area contributed by atoms with E-state index in [1.165, 1.54) is 7.11 Å². The van der Waals surface area contributed by atoms with Crippen LogP contribution in [0.2, 0.25) is 0 Å². The van der Waals surface area contributed by atoms with E-state index in [2.05, 4.69) is 40.0 Å². The maximum Gasteiger partial charge on any atom is 0.197 e. The maximum atomic E-state index is 12.9. The molecule has 7 heteroatoms. The zero-order valence-corrected chi connectivity index (χ0v) is 19.7. The lowest BCUT2D eigenvalue weighted by molar-refractivity contribution is -0.122. The SMILES string of the molecule is COC1=CC2[C@@H]3[C@H](Sc4ccc(Br)cc4)c4ccc(O)c(O)c4[C@]2(CCN3C)CC1=O. The predicted molar refractivity (Wildman–Crippen MR) is 123 cm³/mol. The number of methoxy groups -OCH3 is 1. The fourth-order valence-electron chi connectivity index (χ4n) is 5.70. The van der Waals surface area contributed by atoms with Gasteiger partial charge in [0.2, 0.25) is 0 Å². The molecule has 31 heavy (non-hydrogen) atoms. The Bertz CT molecular complexity index is 1090. The number of likely N-dealkylation sites (N-methyl/N-ethyl adjacent to an activating group) is 1. The first-order valence-electron chi connectivity index (χ1n) is 10.3. The number of allylic oxidation sites excluding steroid dienone is 1. The number of aromatic hydroxyl groups is 2. The predicted octanol–water partition coefficient (Wildman–Crippen LogP) is 4.77. The third kappa shape index (κ3) is 3.12. The Morgan fingerprint density at radius 3 is 2.65 bits per heavy atom. The summed E-state index contributed by atoms with van der Waals surface area (Å²) in [5, 5.41) is 21.4. The van der Waals surface area contributed by atoms with Crippen LogP contribution >= 0.6 is 27.7 Å². The molecule has 1 aliphatic heterocycles. The lowest BCUT2D eigenvalue weighted by Crippen LogP contribution is -2.61. The summed E-state index contributed by atoms with van der Waals surface area (Å²) in [5.74, 6) is 0.123. The Kier molecular flexibility index (Phi) is 5.11. The van der Waals surface area contributed by atoms with Crippen LogP contribution in [0.25, 0.3) is 0 Å². The monoisotopic (exact) mass is 501 g/mol. The van der Waals surface area contributed by atoms with Gasteiger partial charge in [-0.1, -0.05) is 22.0 Å². The number of phenolic OH excluding ortho intramolecular Hbond substituents is 2. The summed E-state index contributed by atoms with van der Waals surface area (Å²) in [6.45, 7) is 0.816. The van der Waals surface area contributed by atoms with Gasteiger partial charge >= 0.3 is 0 Å². The van der Waals surface area contributed by atoms with Crippen molar-refractivity contribution in [2.24, 2.45) is 5.92 Å². The summed E-state index contributed by atoms with van der Waals surface area (Å²) in [7, 11) is 3.67. The van der Waals surface area contributed by atoms with Crippen LogP contribution in [0.3, 0.4) is 0 Å². The highest BCUT2D eigenvalue weighted by Gasteiger charge is 2.59. The number of benzene rings is 2. The van der Waals surface area contributed by atoms with E-state index in [9.17, 15) is 15.0 Å². The van der Waals surface area contributed by atoms with Gasteiger partial charge in [0.05, 0.1) is 12.4 Å². The molecule has 1 fully saturated rings. The van der Waals surface area contributed by atoms with Crippen LogP contribution < -0.4 is 0 Å². The molecule has 0 amide bonds. The normalized spacial score (nSPS) is 29.7. The van der Waals surface area contributed by atoms with E-state index in [0.717, 1.165) is 33.5 Å². The molecule has 0 saturated carbocycles. The van der Waals surface area contributed by atoms with Crippen molar-refractivity contribution in [1.82, 2.24) is 4.90 Å². The molecule has 2 bridgehead atoms. The van der Waals surface area contributed by atoms with E-state index < -0.39 is 5.41 Å². The Morgan fingerprint density at radius 1 is 1.19 bits per heavy atom. The van der Waals surface area contributed by atoms with E-state index in [0.29, 0.717) is 5.76 Å². The third-order valence-corrected chi connectivity index (χ3v) is 8.97. The zero-order chi connectivity index (χ0) is 21.9. The lowest BCUT2D eigenvalue weighted by Gasteiger charge is -2.58. The summed E-state index contributed by atoms with van der Waals surface area (Å²) in [6.07, 6.45) is 2.98. The number of Topliss-reactive ketones (excluding diaryl/α,β-unsaturated/α-hetero) is 1. The number of nitrogens with zero attached hydrogens (tertiary/aromatic N) is 1. The van der Waals surface area contributed by atoms with Crippen LogP contribution in [0.5, 0.6) is 11.5 Å². The standard InChI is InChI=1S/C24H24BrNO4S/c1-26-10-9-24-12-18(28)19(30-2)11-16(24)21(26)23(31-14-5-3-13(25)4-6-14)15-7-8-17(27)22(29)20(15)24/h3-8,11,16,21,23,27,29H,9-10,12H2,1-2H3/t16?,21-,23-,24-/m1/s1. The molecule has 2 aromatic carbocycles. The third-order valence-electron chi connectivity index (χ3n) is 7.11. The summed E-state index contributed by atoms with van der Waals surface area (Å²) < 4.78 is 6.45. The molecule has 0 spiro atoms. The smallest absolute Gasteiger partial charge is 0.197 e.